The third-order valence-corrected chi connectivity index (χ3v) is 4.03. The quantitative estimate of drug-likeness (QED) is 0.501. The third kappa shape index (κ3) is 10.4. The Bertz CT molecular complexity index is 362. The SMILES string of the molecule is CCCCCCCCCCCCC(=O)NCCc1cnc[nH]1. The number of imidazole rings is 1. The number of rotatable bonds is 14. The van der Waals surface area contributed by atoms with Crippen molar-refractivity contribution in [2.24, 2.45) is 0 Å². The van der Waals surface area contributed by atoms with Crippen LogP contribution in [0.2, 0.25) is 0 Å². The molecule has 1 amide bonds. The lowest BCUT2D eigenvalue weighted by Gasteiger charge is -2.04. The van der Waals surface area contributed by atoms with Gasteiger partial charge in [-0.2, -0.15) is 0 Å². The minimum atomic E-state index is 0.180. The zero-order valence-corrected chi connectivity index (χ0v) is 14.2. The molecular formula is C18H33N3O. The number of unbranched alkanes of at least 4 members (excludes halogenated alkanes) is 9. The summed E-state index contributed by atoms with van der Waals surface area (Å²) in [6.45, 7) is 2.95. The average molecular weight is 307 g/mol. The summed E-state index contributed by atoms with van der Waals surface area (Å²) >= 11 is 0. The number of aromatic nitrogens is 2. The minimum absolute atomic E-state index is 0.180. The van der Waals surface area contributed by atoms with Gasteiger partial charge in [0.15, 0.2) is 0 Å². The van der Waals surface area contributed by atoms with Gasteiger partial charge in [0.1, 0.15) is 0 Å². The van der Waals surface area contributed by atoms with Gasteiger partial charge in [0.25, 0.3) is 0 Å². The summed E-state index contributed by atoms with van der Waals surface area (Å²) in [6.07, 6.45) is 18.0. The second-order valence-electron chi connectivity index (χ2n) is 6.11. The number of hydrogen-bond acceptors (Lipinski definition) is 2. The van der Waals surface area contributed by atoms with Crippen molar-refractivity contribution in [3.63, 3.8) is 0 Å². The summed E-state index contributed by atoms with van der Waals surface area (Å²) in [7, 11) is 0. The van der Waals surface area contributed by atoms with Gasteiger partial charge in [0.2, 0.25) is 5.91 Å². The molecule has 0 aliphatic heterocycles. The smallest absolute Gasteiger partial charge is 0.220 e. The van der Waals surface area contributed by atoms with Gasteiger partial charge in [-0.05, 0) is 6.42 Å². The molecular weight excluding hydrogens is 274 g/mol. The van der Waals surface area contributed by atoms with E-state index in [-0.39, 0.29) is 5.91 Å². The predicted molar refractivity (Wildman–Crippen MR) is 91.8 cm³/mol. The van der Waals surface area contributed by atoms with Crippen LogP contribution in [0, 0.1) is 0 Å². The van der Waals surface area contributed by atoms with Gasteiger partial charge in [0, 0.05) is 31.3 Å². The van der Waals surface area contributed by atoms with Crippen LogP contribution < -0.4 is 5.32 Å². The van der Waals surface area contributed by atoms with Crippen LogP contribution in [0.4, 0.5) is 0 Å². The molecule has 4 heteroatoms. The van der Waals surface area contributed by atoms with E-state index in [1.807, 2.05) is 0 Å². The molecule has 2 N–H and O–H groups in total. The highest BCUT2D eigenvalue weighted by atomic mass is 16.1. The Morgan fingerprint density at radius 2 is 1.68 bits per heavy atom. The Balaban J connectivity index is 1.80. The summed E-state index contributed by atoms with van der Waals surface area (Å²) in [5, 5.41) is 2.96. The van der Waals surface area contributed by atoms with Crippen LogP contribution in [0.1, 0.15) is 83.2 Å². The topological polar surface area (TPSA) is 57.8 Å². The van der Waals surface area contributed by atoms with Gasteiger partial charge in [0.05, 0.1) is 6.33 Å². The van der Waals surface area contributed by atoms with Crippen molar-refractivity contribution in [3.8, 4) is 0 Å². The van der Waals surface area contributed by atoms with Crippen LogP contribution >= 0.6 is 0 Å². The maximum absolute atomic E-state index is 11.7. The second-order valence-corrected chi connectivity index (χ2v) is 6.11. The Hall–Kier alpha value is -1.32. The Kier molecular flexibility index (Phi) is 11.4. The number of nitrogens with one attached hydrogen (secondary N) is 2. The van der Waals surface area contributed by atoms with Crippen LogP contribution in [0.3, 0.4) is 0 Å². The molecule has 0 saturated heterocycles. The lowest BCUT2D eigenvalue weighted by atomic mass is 10.1. The van der Waals surface area contributed by atoms with E-state index in [9.17, 15) is 4.79 Å². The molecule has 1 heterocycles. The molecule has 0 fully saturated rings. The first-order valence-electron chi connectivity index (χ1n) is 9.07. The third-order valence-electron chi connectivity index (χ3n) is 4.03. The maximum Gasteiger partial charge on any atom is 0.220 e. The normalized spacial score (nSPS) is 10.8. The summed E-state index contributed by atoms with van der Waals surface area (Å²) in [5.74, 6) is 0.180. The molecule has 0 spiro atoms. The van der Waals surface area contributed by atoms with Crippen molar-refractivity contribution in [3.05, 3.63) is 18.2 Å². The fraction of sp³-hybridized carbons (Fsp3) is 0.778. The first-order chi connectivity index (χ1) is 10.8. The molecule has 1 rings (SSSR count). The number of nitrogens with zero attached hydrogens (tertiary/aromatic N) is 1. The largest absolute Gasteiger partial charge is 0.356 e. The van der Waals surface area contributed by atoms with E-state index in [1.165, 1.54) is 57.8 Å². The first kappa shape index (κ1) is 18.7. The number of amides is 1. The van der Waals surface area contributed by atoms with Crippen LogP contribution in [0.25, 0.3) is 0 Å². The number of H-pyrrole nitrogens is 1. The molecule has 1 aromatic heterocycles. The van der Waals surface area contributed by atoms with Crippen LogP contribution in [-0.4, -0.2) is 22.4 Å². The van der Waals surface area contributed by atoms with Gasteiger partial charge >= 0.3 is 0 Å². The van der Waals surface area contributed by atoms with Gasteiger partial charge in [-0.1, -0.05) is 64.7 Å². The van der Waals surface area contributed by atoms with E-state index in [4.69, 9.17) is 0 Å². The van der Waals surface area contributed by atoms with Gasteiger partial charge in [-0.25, -0.2) is 4.98 Å². The molecule has 0 saturated carbocycles. The van der Waals surface area contributed by atoms with E-state index in [0.29, 0.717) is 13.0 Å². The summed E-state index contributed by atoms with van der Waals surface area (Å²) < 4.78 is 0. The van der Waals surface area contributed by atoms with Crippen molar-refractivity contribution < 1.29 is 4.79 Å². The number of carbonyl (C=O) groups excluding carboxylic acids is 1. The Labute approximate surface area is 135 Å². The Morgan fingerprint density at radius 1 is 1.05 bits per heavy atom. The lowest BCUT2D eigenvalue weighted by Crippen LogP contribution is -2.25. The molecule has 0 aromatic carbocycles. The zero-order valence-electron chi connectivity index (χ0n) is 14.2. The molecule has 0 unspecified atom stereocenters. The van der Waals surface area contributed by atoms with Crippen LogP contribution in [0.5, 0.6) is 0 Å². The highest BCUT2D eigenvalue weighted by Crippen LogP contribution is 2.11. The highest BCUT2D eigenvalue weighted by Gasteiger charge is 2.01. The van der Waals surface area contributed by atoms with Crippen molar-refractivity contribution in [2.75, 3.05) is 6.54 Å². The van der Waals surface area contributed by atoms with Crippen molar-refractivity contribution in [2.45, 2.75) is 84.0 Å². The highest BCUT2D eigenvalue weighted by molar-refractivity contribution is 5.75. The first-order valence-corrected chi connectivity index (χ1v) is 9.07. The standard InChI is InChI=1S/C18H33N3O/c1-2-3-4-5-6-7-8-9-10-11-12-18(22)20-14-13-17-15-19-16-21-17/h15-16H,2-14H2,1H3,(H,19,21)(H,20,22). The fourth-order valence-corrected chi connectivity index (χ4v) is 2.62. The van der Waals surface area contributed by atoms with Crippen molar-refractivity contribution >= 4 is 5.91 Å². The van der Waals surface area contributed by atoms with E-state index in [1.54, 1.807) is 12.5 Å². The van der Waals surface area contributed by atoms with Crippen molar-refractivity contribution in [1.82, 2.24) is 15.3 Å². The second kappa shape index (κ2) is 13.4. The van der Waals surface area contributed by atoms with Crippen LogP contribution in [-0.2, 0) is 11.2 Å². The van der Waals surface area contributed by atoms with E-state index in [2.05, 4.69) is 22.2 Å². The molecule has 0 atom stereocenters. The summed E-state index contributed by atoms with van der Waals surface area (Å²) in [6, 6.07) is 0. The summed E-state index contributed by atoms with van der Waals surface area (Å²) in [4.78, 5) is 18.7. The maximum atomic E-state index is 11.7. The lowest BCUT2D eigenvalue weighted by molar-refractivity contribution is -0.121. The van der Waals surface area contributed by atoms with Crippen LogP contribution in [0.15, 0.2) is 12.5 Å². The molecule has 0 aliphatic rings. The van der Waals surface area contributed by atoms with E-state index >= 15 is 0 Å². The molecule has 4 nitrogen and oxygen atoms in total. The molecule has 22 heavy (non-hydrogen) atoms. The molecule has 126 valence electrons. The van der Waals surface area contributed by atoms with Gasteiger partial charge < -0.3 is 10.3 Å². The van der Waals surface area contributed by atoms with E-state index in [0.717, 1.165) is 18.5 Å². The molecule has 0 radical (unpaired) electrons. The van der Waals surface area contributed by atoms with Gasteiger partial charge in [-0.15, -0.1) is 0 Å². The number of carbonyl (C=O) groups is 1. The predicted octanol–water partition coefficient (Wildman–Crippen LogP) is 4.38. The Morgan fingerprint density at radius 3 is 2.27 bits per heavy atom. The minimum Gasteiger partial charge on any atom is -0.356 e. The fourth-order valence-electron chi connectivity index (χ4n) is 2.62. The van der Waals surface area contributed by atoms with Gasteiger partial charge in [-0.3, -0.25) is 4.79 Å². The van der Waals surface area contributed by atoms with E-state index < -0.39 is 0 Å². The average Bonchev–Trinajstić information content (AvgIpc) is 3.02. The van der Waals surface area contributed by atoms with Crippen molar-refractivity contribution in [1.29, 1.82) is 0 Å². The number of hydrogen-bond donors (Lipinski definition) is 2. The monoisotopic (exact) mass is 307 g/mol. The number of aromatic amines is 1. The molecule has 1 aromatic rings. The zero-order chi connectivity index (χ0) is 15.9. The summed E-state index contributed by atoms with van der Waals surface area (Å²) in [5.41, 5.74) is 1.07. The molecule has 0 aliphatic carbocycles. The molecule has 0 bridgehead atoms.